The van der Waals surface area contributed by atoms with Gasteiger partial charge in [-0.15, -0.1) is 0 Å². The Morgan fingerprint density at radius 1 is 0.903 bits per heavy atom. The molecule has 1 aromatic heterocycles. The number of hydrogen-bond acceptors (Lipinski definition) is 6. The number of fused-ring (bicyclic) bond motifs is 1. The molecule has 0 aliphatic rings. The summed E-state index contributed by atoms with van der Waals surface area (Å²) in [6.45, 7) is 2.13. The monoisotopic (exact) mass is 498 g/mol. The summed E-state index contributed by atoms with van der Waals surface area (Å²) in [5.41, 5.74) is 1.96. The zero-order chi connectivity index (χ0) is 21.8. The number of rotatable bonds is 7. The summed E-state index contributed by atoms with van der Waals surface area (Å²) in [4.78, 5) is 9.10. The van der Waals surface area contributed by atoms with E-state index in [1.54, 1.807) is 25.1 Å². The molecule has 1 heterocycles. The predicted molar refractivity (Wildman–Crippen MR) is 125 cm³/mol. The number of aromatic nitrogens is 2. The van der Waals surface area contributed by atoms with E-state index in [0.717, 1.165) is 5.69 Å². The molecule has 0 fully saturated rings. The van der Waals surface area contributed by atoms with Crippen molar-refractivity contribution in [1.29, 1.82) is 0 Å². The van der Waals surface area contributed by atoms with E-state index >= 15 is 0 Å². The molecule has 0 amide bonds. The Morgan fingerprint density at radius 2 is 1.55 bits per heavy atom. The number of benzene rings is 3. The number of nitrogens with zero attached hydrogens (tertiary/aromatic N) is 2. The molecular weight excluding hydrogens is 480 g/mol. The molecule has 4 aromatic rings. The molecule has 9 heteroatoms. The Kier molecular flexibility index (Phi) is 6.06. The SMILES string of the molecule is CCOc1ccc(Br)cc1S(=O)(=O)Nc1nc2ccccc2nc1Nc1ccccc1. The van der Waals surface area contributed by atoms with Gasteiger partial charge in [0.05, 0.1) is 17.6 Å². The van der Waals surface area contributed by atoms with Crippen LogP contribution in [0.3, 0.4) is 0 Å². The maximum absolute atomic E-state index is 13.3. The van der Waals surface area contributed by atoms with Gasteiger partial charge in [0, 0.05) is 10.2 Å². The van der Waals surface area contributed by atoms with Crippen molar-refractivity contribution >= 4 is 54.3 Å². The summed E-state index contributed by atoms with van der Waals surface area (Å²) in [7, 11) is -4.02. The second-order valence-electron chi connectivity index (χ2n) is 6.53. The topological polar surface area (TPSA) is 93.2 Å². The number of anilines is 3. The number of nitrogens with one attached hydrogen (secondary N) is 2. The minimum atomic E-state index is -4.02. The Hall–Kier alpha value is -3.17. The predicted octanol–water partition coefficient (Wildman–Crippen LogP) is 5.34. The van der Waals surface area contributed by atoms with E-state index in [0.29, 0.717) is 27.9 Å². The molecule has 0 unspecified atom stereocenters. The number of halogens is 1. The highest BCUT2D eigenvalue weighted by molar-refractivity contribution is 9.10. The maximum atomic E-state index is 13.3. The molecule has 2 N–H and O–H groups in total. The zero-order valence-corrected chi connectivity index (χ0v) is 18.9. The third-order valence-electron chi connectivity index (χ3n) is 4.33. The largest absolute Gasteiger partial charge is 0.492 e. The summed E-state index contributed by atoms with van der Waals surface area (Å²) < 4.78 is 35.3. The highest BCUT2D eigenvalue weighted by atomic mass is 79.9. The van der Waals surface area contributed by atoms with Crippen molar-refractivity contribution in [1.82, 2.24) is 9.97 Å². The smallest absolute Gasteiger partial charge is 0.266 e. The summed E-state index contributed by atoms with van der Waals surface area (Å²) in [5, 5.41) is 3.15. The first kappa shape index (κ1) is 21.1. The van der Waals surface area contributed by atoms with Gasteiger partial charge in [-0.2, -0.15) is 0 Å². The van der Waals surface area contributed by atoms with Crippen LogP contribution in [0.2, 0.25) is 0 Å². The second-order valence-corrected chi connectivity index (χ2v) is 9.10. The Balaban J connectivity index is 1.80. The molecule has 0 spiro atoms. The molecular formula is C22H19BrN4O3S. The van der Waals surface area contributed by atoms with Gasteiger partial charge in [0.1, 0.15) is 10.6 Å². The van der Waals surface area contributed by atoms with E-state index in [2.05, 4.69) is 35.9 Å². The normalized spacial score (nSPS) is 11.3. The van der Waals surface area contributed by atoms with Gasteiger partial charge in [0.2, 0.25) is 0 Å². The Labute approximate surface area is 188 Å². The molecule has 7 nitrogen and oxygen atoms in total. The molecule has 0 aliphatic heterocycles. The molecule has 0 bridgehead atoms. The Morgan fingerprint density at radius 3 is 2.23 bits per heavy atom. The fourth-order valence-electron chi connectivity index (χ4n) is 2.97. The van der Waals surface area contributed by atoms with E-state index in [4.69, 9.17) is 4.74 Å². The van der Waals surface area contributed by atoms with Crippen molar-refractivity contribution in [3.8, 4) is 5.75 Å². The first-order valence-corrected chi connectivity index (χ1v) is 11.8. The number of hydrogen-bond donors (Lipinski definition) is 2. The third-order valence-corrected chi connectivity index (χ3v) is 6.19. The lowest BCUT2D eigenvalue weighted by Crippen LogP contribution is -2.17. The van der Waals surface area contributed by atoms with Crippen molar-refractivity contribution in [2.45, 2.75) is 11.8 Å². The summed E-state index contributed by atoms with van der Waals surface area (Å²) in [5.74, 6) is 0.635. The van der Waals surface area contributed by atoms with Crippen LogP contribution in [0.15, 0.2) is 82.2 Å². The molecule has 158 valence electrons. The van der Waals surface area contributed by atoms with Crippen LogP contribution in [0.1, 0.15) is 6.92 Å². The first-order valence-electron chi connectivity index (χ1n) is 9.50. The van der Waals surface area contributed by atoms with Crippen molar-refractivity contribution in [3.05, 3.63) is 77.3 Å². The summed E-state index contributed by atoms with van der Waals surface area (Å²) >= 11 is 3.33. The first-order chi connectivity index (χ1) is 15.0. The number of para-hydroxylation sites is 3. The van der Waals surface area contributed by atoms with Gasteiger partial charge in [-0.25, -0.2) is 18.4 Å². The van der Waals surface area contributed by atoms with Crippen LogP contribution in [0, 0.1) is 0 Å². The average molecular weight is 499 g/mol. The summed E-state index contributed by atoms with van der Waals surface area (Å²) in [6, 6.07) is 21.4. The van der Waals surface area contributed by atoms with Crippen molar-refractivity contribution in [2.75, 3.05) is 16.6 Å². The maximum Gasteiger partial charge on any atom is 0.266 e. The average Bonchev–Trinajstić information content (AvgIpc) is 2.76. The second kappa shape index (κ2) is 8.91. The van der Waals surface area contributed by atoms with Gasteiger partial charge in [0.15, 0.2) is 11.6 Å². The van der Waals surface area contributed by atoms with Gasteiger partial charge in [-0.3, -0.25) is 4.72 Å². The fraction of sp³-hybridized carbons (Fsp3) is 0.0909. The highest BCUT2D eigenvalue weighted by Gasteiger charge is 2.23. The fourth-order valence-corrected chi connectivity index (χ4v) is 4.66. The van der Waals surface area contributed by atoms with Gasteiger partial charge >= 0.3 is 0 Å². The van der Waals surface area contributed by atoms with Gasteiger partial charge in [-0.05, 0) is 49.4 Å². The van der Waals surface area contributed by atoms with E-state index in [9.17, 15) is 8.42 Å². The van der Waals surface area contributed by atoms with Crippen molar-refractivity contribution < 1.29 is 13.2 Å². The van der Waals surface area contributed by atoms with E-state index in [1.807, 2.05) is 48.5 Å². The third kappa shape index (κ3) is 4.78. The van der Waals surface area contributed by atoms with Crippen molar-refractivity contribution in [2.24, 2.45) is 0 Å². The number of ether oxygens (including phenoxy) is 1. The minimum absolute atomic E-state index is 0.00402. The molecule has 0 radical (unpaired) electrons. The molecule has 0 saturated heterocycles. The molecule has 3 aromatic carbocycles. The molecule has 31 heavy (non-hydrogen) atoms. The van der Waals surface area contributed by atoms with Crippen LogP contribution < -0.4 is 14.8 Å². The van der Waals surface area contributed by atoms with Gasteiger partial charge < -0.3 is 10.1 Å². The van der Waals surface area contributed by atoms with E-state index in [-0.39, 0.29) is 16.5 Å². The molecule has 0 atom stereocenters. The van der Waals surface area contributed by atoms with Crippen LogP contribution in [0.5, 0.6) is 5.75 Å². The Bertz CT molecular complexity index is 1330. The minimum Gasteiger partial charge on any atom is -0.492 e. The number of sulfonamides is 1. The van der Waals surface area contributed by atoms with Crippen LogP contribution >= 0.6 is 15.9 Å². The van der Waals surface area contributed by atoms with E-state index < -0.39 is 10.0 Å². The standard InChI is InChI=1S/C22H19BrN4O3S/c1-2-30-19-13-12-15(23)14-20(19)31(28,29)27-22-21(24-16-8-4-3-5-9-16)25-17-10-6-7-11-18(17)26-22/h3-14H,2H2,1H3,(H,24,25)(H,26,27). The quantitative estimate of drug-likeness (QED) is 0.357. The van der Waals surface area contributed by atoms with Crippen LogP contribution in [-0.4, -0.2) is 25.0 Å². The lowest BCUT2D eigenvalue weighted by atomic mass is 10.3. The van der Waals surface area contributed by atoms with Gasteiger partial charge in [-0.1, -0.05) is 46.3 Å². The van der Waals surface area contributed by atoms with Crippen LogP contribution in [0.25, 0.3) is 11.0 Å². The van der Waals surface area contributed by atoms with Crippen LogP contribution in [0.4, 0.5) is 17.3 Å². The van der Waals surface area contributed by atoms with Crippen LogP contribution in [-0.2, 0) is 10.0 Å². The van der Waals surface area contributed by atoms with Crippen molar-refractivity contribution in [3.63, 3.8) is 0 Å². The molecule has 4 rings (SSSR count). The molecule has 0 saturated carbocycles. The highest BCUT2D eigenvalue weighted by Crippen LogP contribution is 2.31. The van der Waals surface area contributed by atoms with E-state index in [1.165, 1.54) is 6.07 Å². The zero-order valence-electron chi connectivity index (χ0n) is 16.5. The molecule has 0 aliphatic carbocycles. The summed E-state index contributed by atoms with van der Waals surface area (Å²) in [6.07, 6.45) is 0. The lowest BCUT2D eigenvalue weighted by molar-refractivity contribution is 0.331. The lowest BCUT2D eigenvalue weighted by Gasteiger charge is -2.15. The van der Waals surface area contributed by atoms with Gasteiger partial charge in [0.25, 0.3) is 10.0 Å².